The van der Waals surface area contributed by atoms with Crippen molar-refractivity contribution in [2.45, 2.75) is 6.67 Å². The van der Waals surface area contributed by atoms with E-state index in [1.807, 2.05) is 0 Å². The maximum Gasteiger partial charge on any atom is 0.180 e. The van der Waals surface area contributed by atoms with Gasteiger partial charge in [-0.3, -0.25) is 0 Å². The SMILES string of the molecule is Nc1nc(-c2cccc(CF)c2F)cs1. The van der Waals surface area contributed by atoms with Crippen molar-refractivity contribution in [3.8, 4) is 11.3 Å². The summed E-state index contributed by atoms with van der Waals surface area (Å²) in [6.45, 7) is -0.820. The van der Waals surface area contributed by atoms with Crippen molar-refractivity contribution in [3.63, 3.8) is 0 Å². The van der Waals surface area contributed by atoms with Gasteiger partial charge in [0.05, 0.1) is 5.69 Å². The fraction of sp³-hybridized carbons (Fsp3) is 0.100. The lowest BCUT2D eigenvalue weighted by atomic mass is 10.1. The summed E-state index contributed by atoms with van der Waals surface area (Å²) in [5.74, 6) is -0.565. The van der Waals surface area contributed by atoms with Gasteiger partial charge < -0.3 is 5.73 Å². The zero-order valence-corrected chi connectivity index (χ0v) is 8.52. The van der Waals surface area contributed by atoms with Gasteiger partial charge in [0.15, 0.2) is 5.13 Å². The van der Waals surface area contributed by atoms with E-state index in [0.29, 0.717) is 10.8 Å². The zero-order chi connectivity index (χ0) is 10.8. The third-order valence-corrected chi connectivity index (χ3v) is 2.69. The van der Waals surface area contributed by atoms with E-state index in [-0.39, 0.29) is 11.1 Å². The molecule has 2 rings (SSSR count). The molecule has 78 valence electrons. The van der Waals surface area contributed by atoms with E-state index in [0.717, 1.165) is 0 Å². The summed E-state index contributed by atoms with van der Waals surface area (Å²) in [5.41, 5.74) is 6.23. The monoisotopic (exact) mass is 226 g/mol. The Labute approximate surface area is 89.4 Å². The van der Waals surface area contributed by atoms with E-state index in [9.17, 15) is 8.78 Å². The highest BCUT2D eigenvalue weighted by molar-refractivity contribution is 7.13. The molecule has 0 saturated carbocycles. The lowest BCUT2D eigenvalue weighted by molar-refractivity contribution is 0.464. The first-order valence-electron chi connectivity index (χ1n) is 4.27. The van der Waals surface area contributed by atoms with Crippen molar-refractivity contribution < 1.29 is 8.78 Å². The van der Waals surface area contributed by atoms with Crippen LogP contribution in [0.1, 0.15) is 5.56 Å². The molecule has 0 amide bonds. The molecule has 1 aromatic carbocycles. The van der Waals surface area contributed by atoms with Gasteiger partial charge in [0.25, 0.3) is 0 Å². The minimum atomic E-state index is -0.820. The highest BCUT2D eigenvalue weighted by atomic mass is 32.1. The van der Waals surface area contributed by atoms with Crippen LogP contribution < -0.4 is 5.73 Å². The van der Waals surface area contributed by atoms with Crippen LogP contribution >= 0.6 is 11.3 Å². The number of hydrogen-bond donors (Lipinski definition) is 1. The van der Waals surface area contributed by atoms with Crippen molar-refractivity contribution in [3.05, 3.63) is 35.0 Å². The van der Waals surface area contributed by atoms with Gasteiger partial charge in [0, 0.05) is 16.5 Å². The van der Waals surface area contributed by atoms with Crippen LogP contribution in [0.25, 0.3) is 11.3 Å². The Morgan fingerprint density at radius 1 is 1.40 bits per heavy atom. The molecule has 0 spiro atoms. The third-order valence-electron chi connectivity index (χ3n) is 2.02. The number of benzene rings is 1. The van der Waals surface area contributed by atoms with E-state index in [1.165, 1.54) is 17.4 Å². The minimum Gasteiger partial charge on any atom is -0.375 e. The molecule has 5 heteroatoms. The molecule has 0 radical (unpaired) electrons. The third kappa shape index (κ3) is 1.83. The molecule has 1 aromatic heterocycles. The molecular weight excluding hydrogens is 218 g/mol. The van der Waals surface area contributed by atoms with Crippen LogP contribution in [0.2, 0.25) is 0 Å². The van der Waals surface area contributed by atoms with Crippen LogP contribution in [0.4, 0.5) is 13.9 Å². The largest absolute Gasteiger partial charge is 0.375 e. The molecule has 0 fully saturated rings. The van der Waals surface area contributed by atoms with E-state index >= 15 is 0 Å². The summed E-state index contributed by atoms with van der Waals surface area (Å²) in [7, 11) is 0. The number of aromatic nitrogens is 1. The molecule has 0 atom stereocenters. The smallest absolute Gasteiger partial charge is 0.180 e. The summed E-state index contributed by atoms with van der Waals surface area (Å²) in [6, 6.07) is 4.57. The van der Waals surface area contributed by atoms with Crippen LogP contribution in [0.5, 0.6) is 0 Å². The number of alkyl halides is 1. The molecule has 0 unspecified atom stereocenters. The Bertz CT molecular complexity index is 482. The first-order chi connectivity index (χ1) is 7.22. The number of anilines is 1. The first-order valence-corrected chi connectivity index (χ1v) is 5.15. The van der Waals surface area contributed by atoms with Crippen molar-refractivity contribution in [1.82, 2.24) is 4.98 Å². The van der Waals surface area contributed by atoms with E-state index < -0.39 is 12.5 Å². The van der Waals surface area contributed by atoms with Gasteiger partial charge in [-0.15, -0.1) is 11.3 Å². The summed E-state index contributed by atoms with van der Waals surface area (Å²) < 4.78 is 26.1. The van der Waals surface area contributed by atoms with Crippen molar-refractivity contribution >= 4 is 16.5 Å². The Morgan fingerprint density at radius 3 is 2.80 bits per heavy atom. The van der Waals surface area contributed by atoms with Crippen LogP contribution in [0.3, 0.4) is 0 Å². The highest BCUT2D eigenvalue weighted by Crippen LogP contribution is 2.27. The molecule has 2 nitrogen and oxygen atoms in total. The Balaban J connectivity index is 2.53. The summed E-state index contributed by atoms with van der Waals surface area (Å²) in [4.78, 5) is 3.95. The van der Waals surface area contributed by atoms with Gasteiger partial charge in [0.2, 0.25) is 0 Å². The maximum absolute atomic E-state index is 13.7. The lowest BCUT2D eigenvalue weighted by Crippen LogP contribution is -1.91. The van der Waals surface area contributed by atoms with Crippen LogP contribution in [-0.4, -0.2) is 4.98 Å². The van der Waals surface area contributed by atoms with Gasteiger partial charge in [-0.1, -0.05) is 12.1 Å². The van der Waals surface area contributed by atoms with Gasteiger partial charge in [0.1, 0.15) is 12.5 Å². The molecule has 0 saturated heterocycles. The predicted molar refractivity (Wildman–Crippen MR) is 56.7 cm³/mol. The molecule has 1 heterocycles. The summed E-state index contributed by atoms with van der Waals surface area (Å²) in [6.07, 6.45) is 0. The highest BCUT2D eigenvalue weighted by Gasteiger charge is 2.11. The molecular formula is C10H8F2N2S. The van der Waals surface area contributed by atoms with Crippen molar-refractivity contribution in [2.24, 2.45) is 0 Å². The number of rotatable bonds is 2. The Hall–Kier alpha value is -1.49. The maximum atomic E-state index is 13.7. The second-order valence-corrected chi connectivity index (χ2v) is 3.87. The minimum absolute atomic E-state index is 0.0408. The zero-order valence-electron chi connectivity index (χ0n) is 7.71. The first kappa shape index (κ1) is 10.0. The quantitative estimate of drug-likeness (QED) is 0.854. The number of thiazole rings is 1. The fourth-order valence-corrected chi connectivity index (χ4v) is 1.86. The predicted octanol–water partition coefficient (Wildman–Crippen LogP) is 3.00. The van der Waals surface area contributed by atoms with Crippen molar-refractivity contribution in [1.29, 1.82) is 0 Å². The number of nitrogen functional groups attached to an aromatic ring is 1. The molecule has 0 aliphatic carbocycles. The van der Waals surface area contributed by atoms with E-state index in [2.05, 4.69) is 4.98 Å². The second-order valence-electron chi connectivity index (χ2n) is 2.98. The van der Waals surface area contributed by atoms with Gasteiger partial charge >= 0.3 is 0 Å². The van der Waals surface area contributed by atoms with Gasteiger partial charge in [-0.05, 0) is 6.07 Å². The molecule has 0 aliphatic rings. The molecule has 0 bridgehead atoms. The average molecular weight is 226 g/mol. The normalized spacial score (nSPS) is 10.5. The second kappa shape index (κ2) is 3.94. The molecule has 2 aromatic rings. The Morgan fingerprint density at radius 2 is 2.20 bits per heavy atom. The molecule has 15 heavy (non-hydrogen) atoms. The Kier molecular flexibility index (Phi) is 2.64. The van der Waals surface area contributed by atoms with Gasteiger partial charge in [-0.25, -0.2) is 13.8 Å². The molecule has 2 N–H and O–H groups in total. The summed E-state index contributed by atoms with van der Waals surface area (Å²) >= 11 is 1.23. The summed E-state index contributed by atoms with van der Waals surface area (Å²) in [5, 5.41) is 2.02. The number of hydrogen-bond acceptors (Lipinski definition) is 3. The number of nitrogens with zero attached hydrogens (tertiary/aromatic N) is 1. The lowest BCUT2D eigenvalue weighted by Gasteiger charge is -2.02. The topological polar surface area (TPSA) is 38.9 Å². The standard InChI is InChI=1S/C10H8F2N2S/c11-4-6-2-1-3-7(9(6)12)8-5-15-10(13)14-8/h1-3,5H,4H2,(H2,13,14). The number of nitrogens with two attached hydrogens (primary N) is 1. The van der Waals surface area contributed by atoms with Crippen molar-refractivity contribution in [2.75, 3.05) is 5.73 Å². The molecule has 0 aliphatic heterocycles. The van der Waals surface area contributed by atoms with E-state index in [1.54, 1.807) is 17.5 Å². The van der Waals surface area contributed by atoms with Crippen LogP contribution in [-0.2, 0) is 6.67 Å². The van der Waals surface area contributed by atoms with Crippen LogP contribution in [0.15, 0.2) is 23.6 Å². The number of halogens is 2. The average Bonchev–Trinajstić information content (AvgIpc) is 2.65. The fourth-order valence-electron chi connectivity index (χ4n) is 1.29. The van der Waals surface area contributed by atoms with Crippen LogP contribution in [0, 0.1) is 5.82 Å². The van der Waals surface area contributed by atoms with Gasteiger partial charge in [-0.2, -0.15) is 0 Å². The van der Waals surface area contributed by atoms with E-state index in [4.69, 9.17) is 5.73 Å².